The molecule has 0 aliphatic heterocycles. The van der Waals surface area contributed by atoms with Crippen LogP contribution < -0.4 is 5.32 Å². The second-order valence-electron chi connectivity index (χ2n) is 5.33. The Hall–Kier alpha value is -1.75. The fourth-order valence-electron chi connectivity index (χ4n) is 1.57. The highest BCUT2D eigenvalue weighted by Crippen LogP contribution is 2.12. The van der Waals surface area contributed by atoms with E-state index in [1.54, 1.807) is 29.2 Å². The van der Waals surface area contributed by atoms with Crippen molar-refractivity contribution in [2.24, 2.45) is 0 Å². The Bertz CT molecular complexity index is 581. The van der Waals surface area contributed by atoms with E-state index < -0.39 is 0 Å². The van der Waals surface area contributed by atoms with Crippen LogP contribution in [0.5, 0.6) is 0 Å². The van der Waals surface area contributed by atoms with Crippen molar-refractivity contribution in [3.63, 3.8) is 0 Å². The van der Waals surface area contributed by atoms with Crippen LogP contribution in [0.25, 0.3) is 0 Å². The molecule has 0 radical (unpaired) electrons. The molecule has 0 bridgehead atoms. The summed E-state index contributed by atoms with van der Waals surface area (Å²) in [5.74, 6) is 0.722. The van der Waals surface area contributed by atoms with Crippen molar-refractivity contribution in [2.75, 3.05) is 0 Å². The Labute approximate surface area is 116 Å². The van der Waals surface area contributed by atoms with E-state index in [-0.39, 0.29) is 11.4 Å². The molecular weight excluding hydrogens is 266 g/mol. The average molecular weight is 282 g/mol. The molecule has 0 unspecified atom stereocenters. The lowest BCUT2D eigenvalue weighted by molar-refractivity contribution is 0.0889. The number of nitrogens with zero attached hydrogens (tertiary/aromatic N) is 2. The summed E-state index contributed by atoms with van der Waals surface area (Å²) in [6.07, 6.45) is 3.25. The summed E-state index contributed by atoms with van der Waals surface area (Å²) in [6, 6.07) is 3.41. The molecule has 102 valence electrons. The summed E-state index contributed by atoms with van der Waals surface area (Å²) in [7, 11) is 0. The molecule has 5 nitrogen and oxygen atoms in total. The number of carbonyl (C=O) groups excluding carboxylic acids is 1. The number of rotatable bonds is 3. The van der Waals surface area contributed by atoms with Gasteiger partial charge in [-0.15, -0.1) is 0 Å². The first-order valence-corrected chi connectivity index (χ1v) is 6.30. The number of furan rings is 1. The van der Waals surface area contributed by atoms with Crippen molar-refractivity contribution < 1.29 is 9.21 Å². The first kappa shape index (κ1) is 13.7. The van der Waals surface area contributed by atoms with Gasteiger partial charge in [-0.25, -0.2) is 0 Å². The van der Waals surface area contributed by atoms with E-state index in [1.165, 1.54) is 0 Å². The standard InChI is InChI=1S/C13H16ClN3O2/c1-13(2,3)16-12(18)11-5-4-10(19-11)8-17-7-9(14)6-15-17/h4-7H,8H2,1-3H3,(H,16,18). The monoisotopic (exact) mass is 281 g/mol. The van der Waals surface area contributed by atoms with Crippen LogP contribution in [0, 0.1) is 0 Å². The minimum atomic E-state index is -0.292. The summed E-state index contributed by atoms with van der Waals surface area (Å²) in [5, 5.41) is 7.46. The highest BCUT2D eigenvalue weighted by molar-refractivity contribution is 6.30. The van der Waals surface area contributed by atoms with E-state index >= 15 is 0 Å². The van der Waals surface area contributed by atoms with Crippen LogP contribution in [-0.2, 0) is 6.54 Å². The van der Waals surface area contributed by atoms with E-state index in [0.717, 1.165) is 0 Å². The van der Waals surface area contributed by atoms with E-state index in [2.05, 4.69) is 10.4 Å². The van der Waals surface area contributed by atoms with Crippen molar-refractivity contribution in [1.82, 2.24) is 15.1 Å². The Balaban J connectivity index is 2.05. The van der Waals surface area contributed by atoms with Gasteiger partial charge in [0.2, 0.25) is 0 Å². The molecule has 0 aromatic carbocycles. The number of halogens is 1. The molecule has 0 saturated heterocycles. The number of hydrogen-bond acceptors (Lipinski definition) is 3. The van der Waals surface area contributed by atoms with Gasteiger partial charge in [-0.05, 0) is 32.9 Å². The van der Waals surface area contributed by atoms with E-state index in [1.807, 2.05) is 20.8 Å². The summed E-state index contributed by atoms with van der Waals surface area (Å²) < 4.78 is 7.13. The third-order valence-corrected chi connectivity index (χ3v) is 2.49. The first-order chi connectivity index (χ1) is 8.83. The lowest BCUT2D eigenvalue weighted by atomic mass is 10.1. The number of nitrogens with one attached hydrogen (secondary N) is 1. The normalized spacial score (nSPS) is 11.6. The molecule has 2 aromatic heterocycles. The number of aromatic nitrogens is 2. The maximum Gasteiger partial charge on any atom is 0.287 e. The largest absolute Gasteiger partial charge is 0.454 e. The van der Waals surface area contributed by atoms with Crippen molar-refractivity contribution in [1.29, 1.82) is 0 Å². The molecule has 1 amide bonds. The van der Waals surface area contributed by atoms with E-state index in [0.29, 0.717) is 23.1 Å². The summed E-state index contributed by atoms with van der Waals surface area (Å²) in [6.45, 7) is 6.19. The lowest BCUT2D eigenvalue weighted by Crippen LogP contribution is -2.40. The molecule has 0 aliphatic rings. The van der Waals surface area contributed by atoms with Crippen molar-refractivity contribution in [3.05, 3.63) is 41.1 Å². The van der Waals surface area contributed by atoms with Crippen LogP contribution in [0.1, 0.15) is 37.1 Å². The Morgan fingerprint density at radius 3 is 2.79 bits per heavy atom. The van der Waals surface area contributed by atoms with Crippen LogP contribution >= 0.6 is 11.6 Å². The molecule has 0 spiro atoms. The minimum Gasteiger partial charge on any atom is -0.454 e. The third kappa shape index (κ3) is 3.86. The summed E-state index contributed by atoms with van der Waals surface area (Å²) >= 11 is 5.78. The zero-order valence-electron chi connectivity index (χ0n) is 11.1. The smallest absolute Gasteiger partial charge is 0.287 e. The fourth-order valence-corrected chi connectivity index (χ4v) is 1.73. The highest BCUT2D eigenvalue weighted by atomic mass is 35.5. The molecule has 0 fully saturated rings. The van der Waals surface area contributed by atoms with E-state index in [9.17, 15) is 4.79 Å². The lowest BCUT2D eigenvalue weighted by Gasteiger charge is -2.19. The molecule has 6 heteroatoms. The molecule has 0 saturated carbocycles. The zero-order valence-corrected chi connectivity index (χ0v) is 11.9. The minimum absolute atomic E-state index is 0.225. The van der Waals surface area contributed by atoms with Gasteiger partial charge < -0.3 is 9.73 Å². The Morgan fingerprint density at radius 1 is 1.47 bits per heavy atom. The molecular formula is C13H16ClN3O2. The summed E-state index contributed by atoms with van der Waals surface area (Å²) in [5.41, 5.74) is -0.292. The quantitative estimate of drug-likeness (QED) is 0.941. The second kappa shape index (κ2) is 5.09. The third-order valence-electron chi connectivity index (χ3n) is 2.29. The molecule has 2 aromatic rings. The summed E-state index contributed by atoms with van der Waals surface area (Å²) in [4.78, 5) is 11.9. The fraction of sp³-hybridized carbons (Fsp3) is 0.385. The molecule has 0 aliphatic carbocycles. The van der Waals surface area contributed by atoms with Gasteiger partial charge in [0.25, 0.3) is 5.91 Å². The molecule has 2 heterocycles. The van der Waals surface area contributed by atoms with Gasteiger partial charge in [-0.3, -0.25) is 9.48 Å². The molecule has 2 rings (SSSR count). The van der Waals surface area contributed by atoms with Crippen LogP contribution in [-0.4, -0.2) is 21.2 Å². The SMILES string of the molecule is CC(C)(C)NC(=O)c1ccc(Cn2cc(Cl)cn2)o1. The van der Waals surface area contributed by atoms with Gasteiger partial charge in [0, 0.05) is 11.7 Å². The Kier molecular flexibility index (Phi) is 3.66. The predicted molar refractivity (Wildman–Crippen MR) is 72.3 cm³/mol. The number of hydrogen-bond donors (Lipinski definition) is 1. The maximum atomic E-state index is 11.9. The average Bonchev–Trinajstić information content (AvgIpc) is 2.86. The number of amides is 1. The second-order valence-corrected chi connectivity index (χ2v) is 5.76. The number of carbonyl (C=O) groups is 1. The van der Waals surface area contributed by atoms with Gasteiger partial charge >= 0.3 is 0 Å². The highest BCUT2D eigenvalue weighted by Gasteiger charge is 2.18. The van der Waals surface area contributed by atoms with E-state index in [4.69, 9.17) is 16.0 Å². The van der Waals surface area contributed by atoms with Gasteiger partial charge in [0.15, 0.2) is 5.76 Å². The van der Waals surface area contributed by atoms with Crippen LogP contribution in [0.2, 0.25) is 5.02 Å². The van der Waals surface area contributed by atoms with Gasteiger partial charge in [0.1, 0.15) is 5.76 Å². The van der Waals surface area contributed by atoms with Gasteiger partial charge in [-0.2, -0.15) is 5.10 Å². The zero-order chi connectivity index (χ0) is 14.0. The van der Waals surface area contributed by atoms with Crippen LogP contribution in [0.15, 0.2) is 28.9 Å². The van der Waals surface area contributed by atoms with Crippen LogP contribution in [0.3, 0.4) is 0 Å². The maximum absolute atomic E-state index is 11.9. The first-order valence-electron chi connectivity index (χ1n) is 5.93. The molecule has 0 atom stereocenters. The van der Waals surface area contributed by atoms with Gasteiger partial charge in [-0.1, -0.05) is 11.6 Å². The van der Waals surface area contributed by atoms with Crippen LogP contribution in [0.4, 0.5) is 0 Å². The van der Waals surface area contributed by atoms with Crippen molar-refractivity contribution in [2.45, 2.75) is 32.9 Å². The van der Waals surface area contributed by atoms with Gasteiger partial charge in [0.05, 0.1) is 17.8 Å². The molecule has 19 heavy (non-hydrogen) atoms. The van der Waals surface area contributed by atoms with Crippen molar-refractivity contribution in [3.8, 4) is 0 Å². The predicted octanol–water partition coefficient (Wildman–Crippen LogP) is 2.71. The topological polar surface area (TPSA) is 60.1 Å². The molecule has 1 N–H and O–H groups in total. The Morgan fingerprint density at radius 2 is 2.21 bits per heavy atom. The van der Waals surface area contributed by atoms with Crippen molar-refractivity contribution >= 4 is 17.5 Å².